The van der Waals surface area contributed by atoms with Crippen LogP contribution in [0.15, 0.2) is 24.3 Å². The second-order valence-electron chi connectivity index (χ2n) is 5.60. The van der Waals surface area contributed by atoms with Gasteiger partial charge in [0.25, 0.3) is 0 Å². The van der Waals surface area contributed by atoms with Gasteiger partial charge in [-0.15, -0.1) is 0 Å². The molecule has 0 saturated carbocycles. The number of benzene rings is 1. The van der Waals surface area contributed by atoms with Gasteiger partial charge >= 0.3 is 0 Å². The molecule has 1 aliphatic rings. The van der Waals surface area contributed by atoms with Crippen molar-refractivity contribution >= 4 is 0 Å². The monoisotopic (exact) mass is 265 g/mol. The highest BCUT2D eigenvalue weighted by Crippen LogP contribution is 2.30. The van der Waals surface area contributed by atoms with E-state index in [4.69, 9.17) is 4.74 Å². The lowest BCUT2D eigenvalue weighted by Gasteiger charge is -2.34. The molecule has 1 aliphatic heterocycles. The molecule has 3 heteroatoms. The van der Waals surface area contributed by atoms with E-state index in [1.165, 1.54) is 12.1 Å². The second kappa shape index (κ2) is 6.49. The summed E-state index contributed by atoms with van der Waals surface area (Å²) in [6, 6.07) is 7.09. The maximum absolute atomic E-state index is 13.0. The fraction of sp³-hybridized carbons (Fsp3) is 0.625. The fourth-order valence-corrected chi connectivity index (χ4v) is 2.75. The molecule has 1 aromatic carbocycles. The normalized spacial score (nSPS) is 24.6. The molecule has 0 spiro atoms. The van der Waals surface area contributed by atoms with Crippen LogP contribution in [0, 0.1) is 5.82 Å². The molecule has 2 nitrogen and oxygen atoms in total. The third-order valence-corrected chi connectivity index (χ3v) is 3.98. The molecule has 0 aliphatic carbocycles. The average molecular weight is 265 g/mol. The Balaban J connectivity index is 2.06. The standard InChI is InChI=1S/C16H24FNO/c1-3-10-18-15(16(2)9-4-11-19-16)12-13-5-7-14(17)8-6-13/h5-8,15,18H,3-4,9-12H2,1-2H3. The van der Waals surface area contributed by atoms with Crippen molar-refractivity contribution in [1.82, 2.24) is 5.32 Å². The van der Waals surface area contributed by atoms with Gasteiger partial charge in [0.05, 0.1) is 5.60 Å². The van der Waals surface area contributed by atoms with Crippen LogP contribution >= 0.6 is 0 Å². The molecule has 106 valence electrons. The smallest absolute Gasteiger partial charge is 0.123 e. The number of hydrogen-bond acceptors (Lipinski definition) is 2. The predicted octanol–water partition coefficient (Wildman–Crippen LogP) is 3.31. The van der Waals surface area contributed by atoms with Crippen LogP contribution in [-0.4, -0.2) is 24.8 Å². The van der Waals surface area contributed by atoms with Gasteiger partial charge in [-0.3, -0.25) is 0 Å². The molecule has 2 atom stereocenters. The van der Waals surface area contributed by atoms with E-state index in [0.29, 0.717) is 6.04 Å². The van der Waals surface area contributed by atoms with Crippen molar-refractivity contribution in [3.63, 3.8) is 0 Å². The maximum atomic E-state index is 13.0. The first-order valence-corrected chi connectivity index (χ1v) is 7.26. The van der Waals surface area contributed by atoms with Crippen LogP contribution in [0.2, 0.25) is 0 Å². The van der Waals surface area contributed by atoms with Crippen molar-refractivity contribution in [2.24, 2.45) is 0 Å². The number of hydrogen-bond donors (Lipinski definition) is 1. The first-order valence-electron chi connectivity index (χ1n) is 7.26. The minimum absolute atomic E-state index is 0.0937. The summed E-state index contributed by atoms with van der Waals surface area (Å²) in [5.41, 5.74) is 1.07. The Morgan fingerprint density at radius 1 is 1.37 bits per heavy atom. The van der Waals surface area contributed by atoms with Gasteiger partial charge in [-0.1, -0.05) is 19.1 Å². The van der Waals surface area contributed by atoms with Crippen LogP contribution in [0.4, 0.5) is 4.39 Å². The Morgan fingerprint density at radius 3 is 2.68 bits per heavy atom. The molecule has 1 aromatic rings. The topological polar surface area (TPSA) is 21.3 Å². The van der Waals surface area contributed by atoms with Crippen LogP contribution in [-0.2, 0) is 11.2 Å². The summed E-state index contributed by atoms with van der Waals surface area (Å²) in [6.45, 7) is 6.20. The summed E-state index contributed by atoms with van der Waals surface area (Å²) < 4.78 is 18.9. The van der Waals surface area contributed by atoms with Crippen molar-refractivity contribution in [2.75, 3.05) is 13.2 Å². The highest BCUT2D eigenvalue weighted by atomic mass is 19.1. The van der Waals surface area contributed by atoms with Gasteiger partial charge < -0.3 is 10.1 Å². The molecule has 1 saturated heterocycles. The zero-order valence-electron chi connectivity index (χ0n) is 11.9. The summed E-state index contributed by atoms with van der Waals surface area (Å²) in [4.78, 5) is 0. The van der Waals surface area contributed by atoms with E-state index in [-0.39, 0.29) is 11.4 Å². The van der Waals surface area contributed by atoms with E-state index in [1.807, 2.05) is 12.1 Å². The van der Waals surface area contributed by atoms with Gasteiger partial charge in [0, 0.05) is 12.6 Å². The summed E-state index contributed by atoms with van der Waals surface area (Å²) in [5.74, 6) is -0.176. The minimum atomic E-state index is -0.176. The van der Waals surface area contributed by atoms with Gasteiger partial charge in [0.15, 0.2) is 0 Å². The van der Waals surface area contributed by atoms with Gasteiger partial charge in [-0.25, -0.2) is 4.39 Å². The molecule has 2 rings (SSSR count). The van der Waals surface area contributed by atoms with Crippen molar-refractivity contribution in [3.8, 4) is 0 Å². The van der Waals surface area contributed by atoms with Gasteiger partial charge in [-0.2, -0.15) is 0 Å². The Morgan fingerprint density at radius 2 is 2.11 bits per heavy atom. The molecule has 2 unspecified atom stereocenters. The van der Waals surface area contributed by atoms with Crippen molar-refractivity contribution < 1.29 is 9.13 Å². The summed E-state index contributed by atoms with van der Waals surface area (Å²) in [7, 11) is 0. The van der Waals surface area contributed by atoms with E-state index in [1.54, 1.807) is 0 Å². The number of ether oxygens (including phenoxy) is 1. The Hall–Kier alpha value is -0.930. The van der Waals surface area contributed by atoms with Crippen LogP contribution in [0.5, 0.6) is 0 Å². The third-order valence-electron chi connectivity index (χ3n) is 3.98. The highest BCUT2D eigenvalue weighted by molar-refractivity contribution is 5.18. The number of halogens is 1. The molecule has 1 heterocycles. The van der Waals surface area contributed by atoms with E-state index in [9.17, 15) is 4.39 Å². The van der Waals surface area contributed by atoms with E-state index in [2.05, 4.69) is 19.2 Å². The predicted molar refractivity (Wildman–Crippen MR) is 75.8 cm³/mol. The van der Waals surface area contributed by atoms with Crippen molar-refractivity contribution in [2.45, 2.75) is 51.2 Å². The first kappa shape index (κ1) is 14.5. The average Bonchev–Trinajstić information content (AvgIpc) is 2.85. The molecule has 19 heavy (non-hydrogen) atoms. The van der Waals surface area contributed by atoms with Crippen LogP contribution in [0.3, 0.4) is 0 Å². The highest BCUT2D eigenvalue weighted by Gasteiger charge is 2.37. The summed E-state index contributed by atoms with van der Waals surface area (Å²) >= 11 is 0. The number of rotatable bonds is 6. The Kier molecular flexibility index (Phi) is 4.94. The zero-order chi connectivity index (χ0) is 13.7. The van der Waals surface area contributed by atoms with Gasteiger partial charge in [0.1, 0.15) is 5.82 Å². The van der Waals surface area contributed by atoms with Crippen molar-refractivity contribution in [1.29, 1.82) is 0 Å². The SMILES string of the molecule is CCCNC(Cc1ccc(F)cc1)C1(C)CCCO1. The molecular formula is C16H24FNO. The fourth-order valence-electron chi connectivity index (χ4n) is 2.75. The van der Waals surface area contributed by atoms with E-state index < -0.39 is 0 Å². The second-order valence-corrected chi connectivity index (χ2v) is 5.60. The first-order chi connectivity index (χ1) is 9.14. The lowest BCUT2D eigenvalue weighted by molar-refractivity contribution is -0.0114. The molecule has 1 N–H and O–H groups in total. The molecule has 0 radical (unpaired) electrons. The third kappa shape index (κ3) is 3.77. The quantitative estimate of drug-likeness (QED) is 0.852. The van der Waals surface area contributed by atoms with Crippen LogP contribution in [0.25, 0.3) is 0 Å². The van der Waals surface area contributed by atoms with E-state index in [0.717, 1.165) is 44.4 Å². The molecule has 1 fully saturated rings. The molecule has 0 amide bonds. The largest absolute Gasteiger partial charge is 0.374 e. The molecular weight excluding hydrogens is 241 g/mol. The lowest BCUT2D eigenvalue weighted by Crippen LogP contribution is -2.50. The summed E-state index contributed by atoms with van der Waals surface area (Å²) in [6.07, 6.45) is 4.21. The van der Waals surface area contributed by atoms with Gasteiger partial charge in [-0.05, 0) is 56.8 Å². The Bertz CT molecular complexity index is 384. The van der Waals surface area contributed by atoms with Crippen LogP contribution < -0.4 is 5.32 Å². The molecule has 0 aromatic heterocycles. The van der Waals surface area contributed by atoms with E-state index >= 15 is 0 Å². The number of nitrogens with one attached hydrogen (secondary N) is 1. The van der Waals surface area contributed by atoms with Gasteiger partial charge in [0.2, 0.25) is 0 Å². The summed E-state index contributed by atoms with van der Waals surface area (Å²) in [5, 5.41) is 3.60. The lowest BCUT2D eigenvalue weighted by atomic mass is 9.88. The zero-order valence-corrected chi connectivity index (χ0v) is 11.9. The van der Waals surface area contributed by atoms with Crippen molar-refractivity contribution in [3.05, 3.63) is 35.6 Å². The Labute approximate surface area is 115 Å². The maximum Gasteiger partial charge on any atom is 0.123 e. The minimum Gasteiger partial charge on any atom is -0.374 e. The van der Waals surface area contributed by atoms with Crippen LogP contribution in [0.1, 0.15) is 38.7 Å². The molecule has 0 bridgehead atoms.